The second-order valence-corrected chi connectivity index (χ2v) is 11.0. The average Bonchev–Trinajstić information content (AvgIpc) is 2.85. The van der Waals surface area contributed by atoms with Crippen LogP contribution in [0.25, 0.3) is 11.1 Å². The molecule has 2 heterocycles. The van der Waals surface area contributed by atoms with Crippen LogP contribution >= 0.6 is 0 Å². The van der Waals surface area contributed by atoms with E-state index in [0.717, 1.165) is 80.6 Å². The summed E-state index contributed by atoms with van der Waals surface area (Å²) in [6.45, 7) is 8.46. The molecule has 1 aliphatic heterocycles. The first-order chi connectivity index (χ1) is 16.9. The first-order valence-corrected chi connectivity index (χ1v) is 13.6. The van der Waals surface area contributed by atoms with E-state index in [1.807, 2.05) is 13.8 Å². The van der Waals surface area contributed by atoms with E-state index in [0.29, 0.717) is 18.5 Å². The van der Waals surface area contributed by atoms with Crippen molar-refractivity contribution in [3.8, 4) is 22.8 Å². The van der Waals surface area contributed by atoms with Crippen molar-refractivity contribution in [1.82, 2.24) is 15.1 Å². The molecule has 1 saturated carbocycles. The summed E-state index contributed by atoms with van der Waals surface area (Å²) in [5.74, 6) is 1.55. The molecule has 1 N–H and O–H groups in total. The molecule has 2 fully saturated rings. The van der Waals surface area contributed by atoms with Gasteiger partial charge in [0.1, 0.15) is 11.9 Å². The van der Waals surface area contributed by atoms with Crippen LogP contribution in [0, 0.1) is 0 Å². The SMILES string of the molecule is CCCCc1nnc(OC2CCN(CC(C)(C)O)CC2)cc1-c1ccc(OC2CCCCC2)cc1. The largest absolute Gasteiger partial charge is 0.490 e. The lowest BCUT2D eigenvalue weighted by Crippen LogP contribution is -2.45. The zero-order chi connectivity index (χ0) is 24.7. The second kappa shape index (κ2) is 12.2. The molecule has 0 radical (unpaired) electrons. The Kier molecular flexibility index (Phi) is 9.01. The molecule has 6 heteroatoms. The summed E-state index contributed by atoms with van der Waals surface area (Å²) < 4.78 is 12.5. The molecule has 1 aromatic heterocycles. The third-order valence-electron chi connectivity index (χ3n) is 7.07. The van der Waals surface area contributed by atoms with Gasteiger partial charge in [-0.2, -0.15) is 5.10 Å². The van der Waals surface area contributed by atoms with E-state index in [2.05, 4.69) is 52.4 Å². The Labute approximate surface area is 211 Å². The minimum absolute atomic E-state index is 0.128. The molecule has 0 bridgehead atoms. The molecule has 1 aromatic carbocycles. The van der Waals surface area contributed by atoms with Gasteiger partial charge < -0.3 is 19.5 Å². The van der Waals surface area contributed by atoms with Crippen molar-refractivity contribution in [2.75, 3.05) is 19.6 Å². The van der Waals surface area contributed by atoms with Crippen LogP contribution in [-0.2, 0) is 6.42 Å². The average molecular weight is 482 g/mol. The number of aryl methyl sites for hydroxylation is 1. The molecule has 0 unspecified atom stereocenters. The van der Waals surface area contributed by atoms with Crippen LogP contribution in [0.5, 0.6) is 11.6 Å². The van der Waals surface area contributed by atoms with Crippen LogP contribution in [0.1, 0.15) is 84.3 Å². The lowest BCUT2D eigenvalue weighted by molar-refractivity contribution is 0.0132. The summed E-state index contributed by atoms with van der Waals surface area (Å²) in [5.41, 5.74) is 2.60. The lowest BCUT2D eigenvalue weighted by Gasteiger charge is -2.35. The van der Waals surface area contributed by atoms with Gasteiger partial charge in [0.15, 0.2) is 0 Å². The third-order valence-corrected chi connectivity index (χ3v) is 7.07. The van der Waals surface area contributed by atoms with Crippen molar-refractivity contribution in [3.05, 3.63) is 36.0 Å². The summed E-state index contributed by atoms with van der Waals surface area (Å²) in [5, 5.41) is 19.1. The fraction of sp³-hybridized carbons (Fsp3) is 0.655. The molecular weight excluding hydrogens is 438 g/mol. The van der Waals surface area contributed by atoms with Gasteiger partial charge in [0.25, 0.3) is 0 Å². The van der Waals surface area contributed by atoms with Gasteiger partial charge in [0.05, 0.1) is 17.4 Å². The monoisotopic (exact) mass is 481 g/mol. The standard InChI is InChI=1S/C29H43N3O3/c1-4-5-11-27-26(22-12-14-24(15-13-22)34-23-9-7-6-8-10-23)20-28(31-30-27)35-25-16-18-32(19-17-25)21-29(2,3)33/h12-15,20,23,25,33H,4-11,16-19,21H2,1-3H3. The zero-order valence-electron chi connectivity index (χ0n) is 21.8. The minimum atomic E-state index is -0.667. The maximum absolute atomic E-state index is 10.1. The number of nitrogens with zero attached hydrogens (tertiary/aromatic N) is 3. The Morgan fingerprint density at radius 3 is 2.29 bits per heavy atom. The number of hydrogen-bond acceptors (Lipinski definition) is 6. The molecule has 1 aliphatic carbocycles. The molecule has 192 valence electrons. The maximum Gasteiger partial charge on any atom is 0.234 e. The first-order valence-electron chi connectivity index (χ1n) is 13.6. The molecule has 6 nitrogen and oxygen atoms in total. The van der Waals surface area contributed by atoms with Gasteiger partial charge in [-0.1, -0.05) is 31.9 Å². The smallest absolute Gasteiger partial charge is 0.234 e. The maximum atomic E-state index is 10.1. The van der Waals surface area contributed by atoms with Crippen molar-refractivity contribution in [1.29, 1.82) is 0 Å². The normalized spacial score (nSPS) is 18.5. The fourth-order valence-corrected chi connectivity index (χ4v) is 5.23. The highest BCUT2D eigenvalue weighted by molar-refractivity contribution is 5.67. The number of unbranched alkanes of at least 4 members (excludes halogenated alkanes) is 1. The third kappa shape index (κ3) is 7.91. The number of hydrogen-bond donors (Lipinski definition) is 1. The molecule has 1 saturated heterocycles. The van der Waals surface area contributed by atoms with E-state index < -0.39 is 5.60 Å². The van der Waals surface area contributed by atoms with Gasteiger partial charge in [-0.3, -0.25) is 0 Å². The number of benzene rings is 1. The highest BCUT2D eigenvalue weighted by Crippen LogP contribution is 2.30. The summed E-state index contributed by atoms with van der Waals surface area (Å²) in [6, 6.07) is 10.5. The van der Waals surface area contributed by atoms with E-state index in [9.17, 15) is 5.11 Å². The summed E-state index contributed by atoms with van der Waals surface area (Å²) in [4.78, 5) is 2.31. The predicted octanol–water partition coefficient (Wildman–Crippen LogP) is 5.81. The number of aliphatic hydroxyl groups is 1. The Bertz CT molecular complexity index is 912. The molecular formula is C29H43N3O3. The van der Waals surface area contributed by atoms with Crippen molar-refractivity contribution in [2.24, 2.45) is 0 Å². The van der Waals surface area contributed by atoms with Crippen molar-refractivity contribution in [2.45, 2.75) is 103 Å². The van der Waals surface area contributed by atoms with Gasteiger partial charge >= 0.3 is 0 Å². The minimum Gasteiger partial charge on any atom is -0.490 e. The van der Waals surface area contributed by atoms with E-state index in [4.69, 9.17) is 9.47 Å². The van der Waals surface area contributed by atoms with Gasteiger partial charge in [0, 0.05) is 31.3 Å². The van der Waals surface area contributed by atoms with Crippen LogP contribution in [0.2, 0.25) is 0 Å². The van der Waals surface area contributed by atoms with Crippen molar-refractivity contribution >= 4 is 0 Å². The number of ether oxygens (including phenoxy) is 2. The number of piperidine rings is 1. The number of β-amino-alcohol motifs (C(OH)–C–C–N with tert-alkyl or cyclic N) is 1. The molecule has 0 amide bonds. The predicted molar refractivity (Wildman–Crippen MR) is 140 cm³/mol. The van der Waals surface area contributed by atoms with E-state index in [1.54, 1.807) is 0 Å². The van der Waals surface area contributed by atoms with Gasteiger partial charge in [0.2, 0.25) is 5.88 Å². The Morgan fingerprint density at radius 1 is 0.943 bits per heavy atom. The van der Waals surface area contributed by atoms with Gasteiger partial charge in [-0.05, 0) is 82.9 Å². The summed E-state index contributed by atoms with van der Waals surface area (Å²) in [7, 11) is 0. The topological polar surface area (TPSA) is 67.7 Å². The van der Waals surface area contributed by atoms with Crippen LogP contribution in [0.3, 0.4) is 0 Å². The number of aromatic nitrogens is 2. The first kappa shape index (κ1) is 25.9. The highest BCUT2D eigenvalue weighted by atomic mass is 16.5. The Hall–Kier alpha value is -2.18. The van der Waals surface area contributed by atoms with E-state index in [1.165, 1.54) is 19.3 Å². The summed E-state index contributed by atoms with van der Waals surface area (Å²) >= 11 is 0. The van der Waals surface area contributed by atoms with Crippen LogP contribution < -0.4 is 9.47 Å². The number of likely N-dealkylation sites (tertiary alicyclic amines) is 1. The number of rotatable bonds is 10. The Morgan fingerprint density at radius 2 is 1.63 bits per heavy atom. The molecule has 2 aliphatic rings. The second-order valence-electron chi connectivity index (χ2n) is 11.0. The Balaban J connectivity index is 1.43. The zero-order valence-corrected chi connectivity index (χ0v) is 21.8. The van der Waals surface area contributed by atoms with Crippen molar-refractivity contribution < 1.29 is 14.6 Å². The van der Waals surface area contributed by atoms with Gasteiger partial charge in [-0.25, -0.2) is 0 Å². The van der Waals surface area contributed by atoms with Crippen LogP contribution in [0.4, 0.5) is 0 Å². The summed E-state index contributed by atoms with van der Waals surface area (Å²) in [6.07, 6.45) is 11.7. The molecule has 0 atom stereocenters. The van der Waals surface area contributed by atoms with Crippen LogP contribution in [0.15, 0.2) is 30.3 Å². The quantitative estimate of drug-likeness (QED) is 0.462. The molecule has 0 spiro atoms. The van der Waals surface area contributed by atoms with Crippen LogP contribution in [-0.4, -0.2) is 57.6 Å². The van der Waals surface area contributed by atoms with Gasteiger partial charge in [-0.15, -0.1) is 5.10 Å². The fourth-order valence-electron chi connectivity index (χ4n) is 5.23. The van der Waals surface area contributed by atoms with E-state index >= 15 is 0 Å². The molecule has 35 heavy (non-hydrogen) atoms. The lowest BCUT2D eigenvalue weighted by atomic mass is 9.97. The van der Waals surface area contributed by atoms with E-state index in [-0.39, 0.29) is 6.10 Å². The molecule has 4 rings (SSSR count). The van der Waals surface area contributed by atoms with Crippen molar-refractivity contribution in [3.63, 3.8) is 0 Å². The molecule has 2 aromatic rings. The highest BCUT2D eigenvalue weighted by Gasteiger charge is 2.25.